The molecule has 1 heteroatoms. The molecule has 0 N–H and O–H groups in total. The lowest BCUT2D eigenvalue weighted by Gasteiger charge is -2.20. The second kappa shape index (κ2) is 11.4. The van der Waals surface area contributed by atoms with Gasteiger partial charge >= 0.3 is 0 Å². The molecule has 1 aromatic heterocycles. The highest BCUT2D eigenvalue weighted by molar-refractivity contribution is 7.26. The highest BCUT2D eigenvalue weighted by Gasteiger charge is 2.31. The highest BCUT2D eigenvalue weighted by atomic mass is 32.1. The molecule has 1 heterocycles. The summed E-state index contributed by atoms with van der Waals surface area (Å²) in [6, 6.07) is 65.3. The summed E-state index contributed by atoms with van der Waals surface area (Å²) >= 11 is 1.93. The van der Waals surface area contributed by atoms with E-state index in [1.807, 2.05) is 11.3 Å². The monoisotopic (exact) mass is 676 g/mol. The van der Waals surface area contributed by atoms with Crippen LogP contribution in [-0.2, 0) is 0 Å². The molecule has 0 nitrogen and oxygen atoms in total. The predicted octanol–water partition coefficient (Wildman–Crippen LogP) is 15.0. The lowest BCUT2D eigenvalue weighted by Crippen LogP contribution is -1.93. The van der Waals surface area contributed by atoms with E-state index in [-0.39, 0.29) is 0 Å². The second-order valence-electron chi connectivity index (χ2n) is 14.0. The van der Waals surface area contributed by atoms with E-state index in [2.05, 4.69) is 183 Å². The zero-order valence-corrected chi connectivity index (χ0v) is 29.5. The van der Waals surface area contributed by atoms with Crippen LogP contribution in [0.4, 0.5) is 0 Å². The van der Waals surface area contributed by atoms with Crippen LogP contribution in [0.25, 0.3) is 108 Å². The minimum absolute atomic E-state index is 1.25. The SMILES string of the molecule is Cc1ccc(-c2c3c(c(-c4ccccc4)c4ccccc24)-c2cccc4c(-c5cccc6c5sc5c(-c7ccccc7)cccc56)ccc-3c24)cc1. The first-order valence-corrected chi connectivity index (χ1v) is 18.8. The first-order valence-electron chi connectivity index (χ1n) is 18.0. The van der Waals surface area contributed by atoms with Gasteiger partial charge < -0.3 is 0 Å². The van der Waals surface area contributed by atoms with Crippen LogP contribution < -0.4 is 0 Å². The lowest BCUT2D eigenvalue weighted by atomic mass is 9.82. The zero-order chi connectivity index (χ0) is 34.3. The molecule has 10 aromatic rings. The second-order valence-corrected chi connectivity index (χ2v) is 15.0. The maximum atomic E-state index is 2.41. The summed E-state index contributed by atoms with van der Waals surface area (Å²) in [4.78, 5) is 0. The van der Waals surface area contributed by atoms with Crippen molar-refractivity contribution in [2.45, 2.75) is 6.92 Å². The van der Waals surface area contributed by atoms with Gasteiger partial charge in [-0.15, -0.1) is 11.3 Å². The summed E-state index contributed by atoms with van der Waals surface area (Å²) in [5, 5.41) is 7.87. The van der Waals surface area contributed by atoms with E-state index in [1.165, 1.54) is 114 Å². The number of aryl methyl sites for hydroxylation is 1. The smallest absolute Gasteiger partial charge is 0.0434 e. The zero-order valence-electron chi connectivity index (χ0n) is 28.7. The molecule has 0 fully saturated rings. The Labute approximate surface area is 306 Å². The standard InChI is InChI=1S/C51H32S/c1-31-25-27-34(28-26-31)46-39-18-9-8-17-38(39)45(33-15-6-3-7-16-33)48-43-24-11-20-37-36(29-30-44(47(37)43)49(46)48)40-21-12-23-42-41-22-10-19-35(50(41)52-51(40)42)32-13-4-2-5-14-32/h2-30H,1H3. The minimum Gasteiger partial charge on any atom is -0.134 e. The third-order valence-corrected chi connectivity index (χ3v) is 12.4. The van der Waals surface area contributed by atoms with Crippen molar-refractivity contribution in [1.29, 1.82) is 0 Å². The van der Waals surface area contributed by atoms with Crippen molar-refractivity contribution in [3.8, 4) is 66.8 Å². The maximum absolute atomic E-state index is 2.41. The van der Waals surface area contributed by atoms with Gasteiger partial charge in [0.2, 0.25) is 0 Å². The predicted molar refractivity (Wildman–Crippen MR) is 225 cm³/mol. The molecule has 0 radical (unpaired) electrons. The highest BCUT2D eigenvalue weighted by Crippen LogP contribution is 2.59. The summed E-state index contributed by atoms with van der Waals surface area (Å²) in [5.74, 6) is 0. The van der Waals surface area contributed by atoms with Gasteiger partial charge in [0.1, 0.15) is 0 Å². The van der Waals surface area contributed by atoms with Crippen molar-refractivity contribution in [2.75, 3.05) is 0 Å². The summed E-state index contributed by atoms with van der Waals surface area (Å²) in [6.07, 6.45) is 0. The van der Waals surface area contributed by atoms with Gasteiger partial charge in [-0.25, -0.2) is 0 Å². The Balaban J connectivity index is 1.23. The van der Waals surface area contributed by atoms with Crippen molar-refractivity contribution in [2.24, 2.45) is 0 Å². The van der Waals surface area contributed by atoms with Gasteiger partial charge in [-0.3, -0.25) is 0 Å². The van der Waals surface area contributed by atoms with Crippen LogP contribution in [0.2, 0.25) is 0 Å². The molecule has 0 saturated carbocycles. The van der Waals surface area contributed by atoms with E-state index in [0.717, 1.165) is 0 Å². The van der Waals surface area contributed by atoms with Gasteiger partial charge in [0.25, 0.3) is 0 Å². The first kappa shape index (κ1) is 29.5. The van der Waals surface area contributed by atoms with E-state index < -0.39 is 0 Å². The van der Waals surface area contributed by atoms with Crippen molar-refractivity contribution in [3.05, 3.63) is 181 Å². The quantitative estimate of drug-likeness (QED) is 0.174. The van der Waals surface area contributed by atoms with Gasteiger partial charge in [0.15, 0.2) is 0 Å². The normalized spacial score (nSPS) is 11.9. The Morgan fingerprint density at radius 2 is 0.750 bits per heavy atom. The van der Waals surface area contributed by atoms with E-state index in [1.54, 1.807) is 0 Å². The molecule has 0 amide bonds. The molecule has 1 aliphatic carbocycles. The Kier molecular flexibility index (Phi) is 6.44. The van der Waals surface area contributed by atoms with Crippen LogP contribution in [0.3, 0.4) is 0 Å². The van der Waals surface area contributed by atoms with Crippen LogP contribution in [0.1, 0.15) is 5.56 Å². The summed E-state index contributed by atoms with van der Waals surface area (Å²) in [6.45, 7) is 2.17. The van der Waals surface area contributed by atoms with Crippen LogP contribution >= 0.6 is 11.3 Å². The van der Waals surface area contributed by atoms with Gasteiger partial charge in [-0.2, -0.15) is 0 Å². The number of hydrogen-bond donors (Lipinski definition) is 0. The number of fused-ring (bicyclic) bond motifs is 7. The molecule has 0 spiro atoms. The fourth-order valence-corrected chi connectivity index (χ4v) is 10.2. The minimum atomic E-state index is 1.25. The summed E-state index contributed by atoms with van der Waals surface area (Å²) in [5.41, 5.74) is 16.9. The maximum Gasteiger partial charge on any atom is 0.0434 e. The fraction of sp³-hybridized carbons (Fsp3) is 0.0196. The van der Waals surface area contributed by atoms with Crippen molar-refractivity contribution < 1.29 is 0 Å². The van der Waals surface area contributed by atoms with Crippen molar-refractivity contribution in [1.82, 2.24) is 0 Å². The van der Waals surface area contributed by atoms with Gasteiger partial charge in [0, 0.05) is 25.7 Å². The van der Waals surface area contributed by atoms with Gasteiger partial charge in [-0.05, 0) is 89.7 Å². The van der Waals surface area contributed by atoms with Crippen LogP contribution in [0.15, 0.2) is 176 Å². The molecule has 1 aliphatic rings. The average Bonchev–Trinajstić information content (AvgIpc) is 3.75. The Morgan fingerprint density at radius 1 is 0.288 bits per heavy atom. The van der Waals surface area contributed by atoms with Crippen LogP contribution in [0, 0.1) is 6.92 Å². The van der Waals surface area contributed by atoms with Gasteiger partial charge in [-0.1, -0.05) is 181 Å². The van der Waals surface area contributed by atoms with Crippen molar-refractivity contribution in [3.63, 3.8) is 0 Å². The molecule has 52 heavy (non-hydrogen) atoms. The molecule has 0 saturated heterocycles. The largest absolute Gasteiger partial charge is 0.134 e. The third kappa shape index (κ3) is 4.21. The molecule has 242 valence electrons. The molecular weight excluding hydrogens is 645 g/mol. The average molecular weight is 677 g/mol. The van der Waals surface area contributed by atoms with Gasteiger partial charge in [0.05, 0.1) is 0 Å². The van der Waals surface area contributed by atoms with Crippen LogP contribution in [0.5, 0.6) is 0 Å². The fourth-order valence-electron chi connectivity index (χ4n) is 8.84. The van der Waals surface area contributed by atoms with Crippen molar-refractivity contribution >= 4 is 53.1 Å². The Bertz CT molecular complexity index is 3040. The number of benzene rings is 9. The topological polar surface area (TPSA) is 0 Å². The summed E-state index contributed by atoms with van der Waals surface area (Å²) in [7, 11) is 0. The Morgan fingerprint density at radius 3 is 1.40 bits per heavy atom. The Hall–Kier alpha value is -6.28. The number of rotatable bonds is 4. The lowest BCUT2D eigenvalue weighted by molar-refractivity contribution is 1.47. The van der Waals surface area contributed by atoms with E-state index >= 15 is 0 Å². The third-order valence-electron chi connectivity index (χ3n) is 11.1. The summed E-state index contributed by atoms with van der Waals surface area (Å²) < 4.78 is 2.68. The molecule has 0 aliphatic heterocycles. The van der Waals surface area contributed by atoms with E-state index in [9.17, 15) is 0 Å². The molecular formula is C51H32S. The molecule has 9 aromatic carbocycles. The number of thiophene rings is 1. The number of hydrogen-bond acceptors (Lipinski definition) is 1. The van der Waals surface area contributed by atoms with E-state index in [4.69, 9.17) is 0 Å². The van der Waals surface area contributed by atoms with Crippen LogP contribution in [-0.4, -0.2) is 0 Å². The molecule has 0 atom stereocenters. The first-order chi connectivity index (χ1) is 25.7. The molecule has 11 rings (SSSR count). The molecule has 0 bridgehead atoms. The molecule has 0 unspecified atom stereocenters. The van der Waals surface area contributed by atoms with E-state index in [0.29, 0.717) is 0 Å².